The van der Waals surface area contributed by atoms with Gasteiger partial charge in [0.15, 0.2) is 5.82 Å². The van der Waals surface area contributed by atoms with E-state index in [9.17, 15) is 13.2 Å². The van der Waals surface area contributed by atoms with Gasteiger partial charge in [-0.1, -0.05) is 11.6 Å². The van der Waals surface area contributed by atoms with Gasteiger partial charge in [-0.05, 0) is 24.3 Å². The fourth-order valence-electron chi connectivity index (χ4n) is 1.44. The summed E-state index contributed by atoms with van der Waals surface area (Å²) in [7, 11) is 0. The fraction of sp³-hybridized carbons (Fsp3) is 0. The molecular weight excluding hydrogens is 265 g/mol. The van der Waals surface area contributed by atoms with Gasteiger partial charge in [0.25, 0.3) is 0 Å². The number of anilines is 3. The normalized spacial score (nSPS) is 10.4. The molecular formula is C12H8ClF3N2. The smallest absolute Gasteiger partial charge is 0.151 e. The largest absolute Gasteiger partial charge is 0.397 e. The molecule has 94 valence electrons. The summed E-state index contributed by atoms with van der Waals surface area (Å²) in [4.78, 5) is 0. The van der Waals surface area contributed by atoms with E-state index in [0.717, 1.165) is 18.2 Å². The summed E-state index contributed by atoms with van der Waals surface area (Å²) in [6.07, 6.45) is 0. The first kappa shape index (κ1) is 12.6. The summed E-state index contributed by atoms with van der Waals surface area (Å²) in [5.74, 6) is -2.15. The third-order valence-electron chi connectivity index (χ3n) is 2.28. The van der Waals surface area contributed by atoms with Crippen molar-refractivity contribution >= 4 is 28.7 Å². The highest BCUT2D eigenvalue weighted by Crippen LogP contribution is 2.31. The second-order valence-electron chi connectivity index (χ2n) is 3.60. The molecule has 3 N–H and O–H groups in total. The molecule has 2 aromatic carbocycles. The van der Waals surface area contributed by atoms with Gasteiger partial charge in [-0.2, -0.15) is 0 Å². The van der Waals surface area contributed by atoms with Gasteiger partial charge in [-0.25, -0.2) is 13.2 Å². The van der Waals surface area contributed by atoms with Gasteiger partial charge < -0.3 is 11.1 Å². The number of rotatable bonds is 2. The lowest BCUT2D eigenvalue weighted by Gasteiger charge is -2.11. The van der Waals surface area contributed by atoms with E-state index in [1.165, 1.54) is 6.07 Å². The highest BCUT2D eigenvalue weighted by molar-refractivity contribution is 6.33. The van der Waals surface area contributed by atoms with Crippen molar-refractivity contribution in [1.82, 2.24) is 0 Å². The SMILES string of the molecule is Nc1cc(F)ccc1Nc1c(F)cc(F)cc1Cl. The third-order valence-corrected chi connectivity index (χ3v) is 2.58. The van der Waals surface area contributed by atoms with E-state index in [0.29, 0.717) is 6.07 Å². The molecule has 18 heavy (non-hydrogen) atoms. The van der Waals surface area contributed by atoms with Crippen molar-refractivity contribution in [3.8, 4) is 0 Å². The number of nitrogens with one attached hydrogen (secondary N) is 1. The van der Waals surface area contributed by atoms with E-state index in [-0.39, 0.29) is 22.1 Å². The molecule has 0 amide bonds. The predicted molar refractivity (Wildman–Crippen MR) is 65.5 cm³/mol. The number of nitrogen functional groups attached to an aromatic ring is 1. The molecule has 0 spiro atoms. The van der Waals surface area contributed by atoms with Crippen LogP contribution in [0, 0.1) is 17.5 Å². The standard InChI is InChI=1S/C12H8ClF3N2/c13-8-3-7(15)4-9(16)12(8)18-11-2-1-6(14)5-10(11)17/h1-5,18H,17H2. The third kappa shape index (κ3) is 2.51. The lowest BCUT2D eigenvalue weighted by atomic mass is 10.2. The minimum Gasteiger partial charge on any atom is -0.397 e. The van der Waals surface area contributed by atoms with Crippen LogP contribution in [0.1, 0.15) is 0 Å². The average molecular weight is 273 g/mol. The quantitative estimate of drug-likeness (QED) is 0.808. The van der Waals surface area contributed by atoms with Gasteiger partial charge in [-0.15, -0.1) is 0 Å². The minimum atomic E-state index is -0.858. The summed E-state index contributed by atoms with van der Waals surface area (Å²) in [5, 5.41) is 2.47. The zero-order valence-electron chi connectivity index (χ0n) is 8.98. The molecule has 0 aliphatic heterocycles. The predicted octanol–water partition coefficient (Wildman–Crippen LogP) is 4.08. The number of halogens is 4. The number of benzene rings is 2. The summed E-state index contributed by atoms with van der Waals surface area (Å²) >= 11 is 5.71. The average Bonchev–Trinajstić information content (AvgIpc) is 2.25. The van der Waals surface area contributed by atoms with E-state index < -0.39 is 17.5 Å². The van der Waals surface area contributed by atoms with Gasteiger partial charge >= 0.3 is 0 Å². The maximum absolute atomic E-state index is 13.5. The molecule has 0 atom stereocenters. The van der Waals surface area contributed by atoms with Crippen molar-refractivity contribution in [3.05, 3.63) is 52.8 Å². The maximum atomic E-state index is 13.5. The lowest BCUT2D eigenvalue weighted by Crippen LogP contribution is -2.00. The molecule has 0 heterocycles. The Balaban J connectivity index is 2.40. The molecule has 0 unspecified atom stereocenters. The van der Waals surface area contributed by atoms with E-state index in [1.54, 1.807) is 0 Å². The van der Waals surface area contributed by atoms with Crippen molar-refractivity contribution in [3.63, 3.8) is 0 Å². The summed E-state index contributed by atoms with van der Waals surface area (Å²) in [5.41, 5.74) is 5.82. The summed E-state index contributed by atoms with van der Waals surface area (Å²) in [6.45, 7) is 0. The molecule has 0 bridgehead atoms. The van der Waals surface area contributed by atoms with Crippen LogP contribution in [0.2, 0.25) is 5.02 Å². The Kier molecular flexibility index (Phi) is 3.34. The van der Waals surface area contributed by atoms with Crippen molar-refractivity contribution in [2.45, 2.75) is 0 Å². The number of hydrogen-bond donors (Lipinski definition) is 2. The van der Waals surface area contributed by atoms with Crippen LogP contribution in [-0.4, -0.2) is 0 Å². The first-order valence-electron chi connectivity index (χ1n) is 4.94. The van der Waals surface area contributed by atoms with Gasteiger partial charge in [-0.3, -0.25) is 0 Å². The maximum Gasteiger partial charge on any atom is 0.151 e. The molecule has 0 saturated carbocycles. The van der Waals surface area contributed by atoms with Gasteiger partial charge in [0, 0.05) is 6.07 Å². The van der Waals surface area contributed by atoms with E-state index in [4.69, 9.17) is 17.3 Å². The molecule has 0 fully saturated rings. The Morgan fingerprint density at radius 1 is 1.00 bits per heavy atom. The van der Waals surface area contributed by atoms with Gasteiger partial charge in [0.2, 0.25) is 0 Å². The van der Waals surface area contributed by atoms with Crippen LogP contribution >= 0.6 is 11.6 Å². The monoisotopic (exact) mass is 272 g/mol. The topological polar surface area (TPSA) is 38.0 Å². The van der Waals surface area contributed by atoms with E-state index in [1.807, 2.05) is 0 Å². The van der Waals surface area contributed by atoms with Crippen molar-refractivity contribution in [2.24, 2.45) is 0 Å². The zero-order chi connectivity index (χ0) is 13.3. The molecule has 2 aromatic rings. The second-order valence-corrected chi connectivity index (χ2v) is 4.01. The highest BCUT2D eigenvalue weighted by atomic mass is 35.5. The van der Waals surface area contributed by atoms with Crippen molar-refractivity contribution in [2.75, 3.05) is 11.1 Å². The van der Waals surface area contributed by atoms with Crippen LogP contribution in [-0.2, 0) is 0 Å². The summed E-state index contributed by atoms with van der Waals surface area (Å²) in [6, 6.07) is 5.23. The Morgan fingerprint density at radius 2 is 1.72 bits per heavy atom. The molecule has 2 rings (SSSR count). The Bertz CT molecular complexity index is 579. The summed E-state index contributed by atoms with van der Waals surface area (Å²) < 4.78 is 39.2. The molecule has 6 heteroatoms. The van der Waals surface area contributed by atoms with E-state index >= 15 is 0 Å². The number of hydrogen-bond acceptors (Lipinski definition) is 2. The zero-order valence-corrected chi connectivity index (χ0v) is 9.73. The highest BCUT2D eigenvalue weighted by Gasteiger charge is 2.11. The Hall–Kier alpha value is -1.88. The van der Waals surface area contributed by atoms with E-state index in [2.05, 4.69) is 5.32 Å². The molecule has 0 aromatic heterocycles. The minimum absolute atomic E-state index is 0.0924. The van der Waals surface area contributed by atoms with Crippen LogP contribution in [0.4, 0.5) is 30.2 Å². The number of nitrogens with two attached hydrogens (primary N) is 1. The molecule has 0 radical (unpaired) electrons. The molecule has 0 saturated heterocycles. The first-order chi connectivity index (χ1) is 8.47. The molecule has 2 nitrogen and oxygen atoms in total. The Labute approximate surface area is 106 Å². The van der Waals surface area contributed by atoms with Crippen LogP contribution in [0.25, 0.3) is 0 Å². The van der Waals surface area contributed by atoms with Crippen LogP contribution in [0.15, 0.2) is 30.3 Å². The van der Waals surface area contributed by atoms with Gasteiger partial charge in [0.05, 0.1) is 22.1 Å². The fourth-order valence-corrected chi connectivity index (χ4v) is 1.69. The molecule has 0 aliphatic rings. The van der Waals surface area contributed by atoms with Crippen LogP contribution < -0.4 is 11.1 Å². The van der Waals surface area contributed by atoms with Crippen molar-refractivity contribution < 1.29 is 13.2 Å². The second kappa shape index (κ2) is 4.78. The van der Waals surface area contributed by atoms with Crippen molar-refractivity contribution in [1.29, 1.82) is 0 Å². The van der Waals surface area contributed by atoms with Crippen LogP contribution in [0.5, 0.6) is 0 Å². The first-order valence-corrected chi connectivity index (χ1v) is 5.32. The molecule has 0 aliphatic carbocycles. The van der Waals surface area contributed by atoms with Gasteiger partial charge in [0.1, 0.15) is 11.6 Å². The van der Waals surface area contributed by atoms with Crippen LogP contribution in [0.3, 0.4) is 0 Å². The Morgan fingerprint density at radius 3 is 2.33 bits per heavy atom. The lowest BCUT2D eigenvalue weighted by molar-refractivity contribution is 0.586.